The lowest BCUT2D eigenvalue weighted by atomic mass is 10.2. The first-order valence-corrected chi connectivity index (χ1v) is 3.58. The van der Waals surface area contributed by atoms with Crippen molar-refractivity contribution in [3.05, 3.63) is 29.6 Å². The SMILES string of the molecule is C#Cc1ccc(F)c(N(C)C)c1. The Kier molecular flexibility index (Phi) is 2.35. The summed E-state index contributed by atoms with van der Waals surface area (Å²) in [7, 11) is 3.55. The highest BCUT2D eigenvalue weighted by atomic mass is 19.1. The van der Waals surface area contributed by atoms with E-state index in [9.17, 15) is 4.39 Å². The third-order valence-corrected chi connectivity index (χ3v) is 1.59. The fourth-order valence-electron chi connectivity index (χ4n) is 0.945. The Morgan fingerprint density at radius 3 is 2.58 bits per heavy atom. The van der Waals surface area contributed by atoms with Gasteiger partial charge in [0.15, 0.2) is 0 Å². The number of nitrogens with zero attached hydrogens (tertiary/aromatic N) is 1. The molecule has 0 fully saturated rings. The van der Waals surface area contributed by atoms with Crippen LogP contribution in [0.5, 0.6) is 0 Å². The van der Waals surface area contributed by atoms with Crippen molar-refractivity contribution >= 4 is 5.69 Å². The van der Waals surface area contributed by atoms with Crippen LogP contribution >= 0.6 is 0 Å². The third-order valence-electron chi connectivity index (χ3n) is 1.59. The highest BCUT2D eigenvalue weighted by Gasteiger charge is 2.03. The van der Waals surface area contributed by atoms with Gasteiger partial charge < -0.3 is 4.90 Å². The molecule has 0 aliphatic carbocycles. The van der Waals surface area contributed by atoms with Gasteiger partial charge in [-0.05, 0) is 18.2 Å². The molecule has 0 saturated carbocycles. The van der Waals surface area contributed by atoms with Gasteiger partial charge in [0.1, 0.15) is 5.82 Å². The van der Waals surface area contributed by atoms with Crippen LogP contribution in [0.1, 0.15) is 5.56 Å². The van der Waals surface area contributed by atoms with Gasteiger partial charge in [0.25, 0.3) is 0 Å². The average Bonchev–Trinajstić information content (AvgIpc) is 2.05. The van der Waals surface area contributed by atoms with Crippen LogP contribution in [0, 0.1) is 18.2 Å². The van der Waals surface area contributed by atoms with E-state index in [-0.39, 0.29) is 5.82 Å². The summed E-state index contributed by atoms with van der Waals surface area (Å²) in [6, 6.07) is 4.61. The Bertz CT molecular complexity index is 323. The van der Waals surface area contributed by atoms with Crippen LogP contribution in [0.15, 0.2) is 18.2 Å². The average molecular weight is 163 g/mol. The van der Waals surface area contributed by atoms with Gasteiger partial charge in [-0.15, -0.1) is 6.42 Å². The second-order valence-corrected chi connectivity index (χ2v) is 2.70. The molecule has 0 saturated heterocycles. The highest BCUT2D eigenvalue weighted by Crippen LogP contribution is 2.17. The molecule has 0 spiro atoms. The van der Waals surface area contributed by atoms with Crippen molar-refractivity contribution in [2.45, 2.75) is 0 Å². The molecule has 1 nitrogen and oxygen atoms in total. The predicted octanol–water partition coefficient (Wildman–Crippen LogP) is 1.87. The van der Waals surface area contributed by atoms with Crippen LogP contribution in [0.25, 0.3) is 0 Å². The highest BCUT2D eigenvalue weighted by molar-refractivity contribution is 5.52. The molecule has 1 aromatic rings. The molecule has 0 bridgehead atoms. The maximum Gasteiger partial charge on any atom is 0.146 e. The van der Waals surface area contributed by atoms with E-state index in [2.05, 4.69) is 5.92 Å². The Balaban J connectivity index is 3.19. The van der Waals surface area contributed by atoms with Crippen molar-refractivity contribution in [1.29, 1.82) is 0 Å². The molecular weight excluding hydrogens is 153 g/mol. The number of hydrogen-bond acceptors (Lipinski definition) is 1. The topological polar surface area (TPSA) is 3.24 Å². The van der Waals surface area contributed by atoms with Crippen molar-refractivity contribution in [1.82, 2.24) is 0 Å². The molecule has 0 aliphatic heterocycles. The summed E-state index contributed by atoms with van der Waals surface area (Å²) < 4.78 is 13.0. The summed E-state index contributed by atoms with van der Waals surface area (Å²) >= 11 is 0. The van der Waals surface area contributed by atoms with Gasteiger partial charge in [-0.3, -0.25) is 0 Å². The molecule has 0 aliphatic rings. The zero-order valence-corrected chi connectivity index (χ0v) is 7.13. The fourth-order valence-corrected chi connectivity index (χ4v) is 0.945. The van der Waals surface area contributed by atoms with Gasteiger partial charge in [-0.2, -0.15) is 0 Å². The van der Waals surface area contributed by atoms with Crippen molar-refractivity contribution in [3.8, 4) is 12.3 Å². The quantitative estimate of drug-likeness (QED) is 0.571. The van der Waals surface area contributed by atoms with Gasteiger partial charge >= 0.3 is 0 Å². The second-order valence-electron chi connectivity index (χ2n) is 2.70. The van der Waals surface area contributed by atoms with Crippen molar-refractivity contribution in [2.75, 3.05) is 19.0 Å². The molecule has 12 heavy (non-hydrogen) atoms. The molecule has 1 rings (SSSR count). The predicted molar refractivity (Wildman–Crippen MR) is 48.7 cm³/mol. The number of benzene rings is 1. The minimum Gasteiger partial charge on any atom is -0.375 e. The first kappa shape index (κ1) is 8.61. The molecule has 2 heteroatoms. The van der Waals surface area contributed by atoms with Crippen molar-refractivity contribution < 1.29 is 4.39 Å². The summed E-state index contributed by atoms with van der Waals surface area (Å²) in [4.78, 5) is 1.69. The van der Waals surface area contributed by atoms with Crippen LogP contribution in [-0.4, -0.2) is 14.1 Å². The summed E-state index contributed by atoms with van der Waals surface area (Å²) in [6.07, 6.45) is 5.18. The number of hydrogen-bond donors (Lipinski definition) is 0. The summed E-state index contributed by atoms with van der Waals surface area (Å²) in [5, 5.41) is 0. The van der Waals surface area contributed by atoms with E-state index in [0.29, 0.717) is 11.3 Å². The largest absolute Gasteiger partial charge is 0.375 e. The maximum absolute atomic E-state index is 13.0. The van der Waals surface area contributed by atoms with Crippen molar-refractivity contribution in [2.24, 2.45) is 0 Å². The summed E-state index contributed by atoms with van der Waals surface area (Å²) in [6.45, 7) is 0. The summed E-state index contributed by atoms with van der Waals surface area (Å²) in [5.41, 5.74) is 1.21. The second kappa shape index (κ2) is 3.27. The van der Waals surface area contributed by atoms with Crippen LogP contribution in [0.2, 0.25) is 0 Å². The molecular formula is C10H10FN. The van der Waals surface area contributed by atoms with Gasteiger partial charge in [0.2, 0.25) is 0 Å². The molecule has 0 unspecified atom stereocenters. The first-order valence-electron chi connectivity index (χ1n) is 3.58. The third kappa shape index (κ3) is 1.57. The fraction of sp³-hybridized carbons (Fsp3) is 0.200. The van der Waals surface area contributed by atoms with E-state index in [4.69, 9.17) is 6.42 Å². The van der Waals surface area contributed by atoms with Crippen molar-refractivity contribution in [3.63, 3.8) is 0 Å². The van der Waals surface area contributed by atoms with E-state index < -0.39 is 0 Å². The van der Waals surface area contributed by atoms with Gasteiger partial charge in [-0.1, -0.05) is 5.92 Å². The Hall–Kier alpha value is -1.49. The molecule has 62 valence electrons. The molecule has 0 aromatic heterocycles. The van der Waals surface area contributed by atoms with E-state index in [1.165, 1.54) is 6.07 Å². The number of anilines is 1. The Morgan fingerprint density at radius 2 is 2.08 bits per heavy atom. The normalized spacial score (nSPS) is 9.17. The van der Waals surface area contributed by atoms with Gasteiger partial charge in [0, 0.05) is 19.7 Å². The first-order chi connectivity index (χ1) is 5.65. The van der Waals surface area contributed by atoms with Gasteiger partial charge in [-0.25, -0.2) is 4.39 Å². The lowest BCUT2D eigenvalue weighted by Gasteiger charge is -2.13. The lowest BCUT2D eigenvalue weighted by Crippen LogP contribution is -2.10. The Labute approximate surface area is 71.8 Å². The van der Waals surface area contributed by atoms with E-state index in [1.807, 2.05) is 0 Å². The minimum absolute atomic E-state index is 0.251. The lowest BCUT2D eigenvalue weighted by molar-refractivity contribution is 0.626. The minimum atomic E-state index is -0.251. The number of terminal acetylenes is 1. The number of halogens is 1. The molecule has 0 radical (unpaired) electrons. The van der Waals surface area contributed by atoms with Crippen LogP contribution in [0.4, 0.5) is 10.1 Å². The zero-order chi connectivity index (χ0) is 9.14. The van der Waals surface area contributed by atoms with Crippen LogP contribution < -0.4 is 4.90 Å². The van der Waals surface area contributed by atoms with E-state index in [1.54, 1.807) is 31.1 Å². The molecule has 1 aromatic carbocycles. The smallest absolute Gasteiger partial charge is 0.146 e. The van der Waals surface area contributed by atoms with Crippen LogP contribution in [0.3, 0.4) is 0 Å². The molecule has 0 heterocycles. The number of rotatable bonds is 1. The molecule has 0 atom stereocenters. The van der Waals surface area contributed by atoms with E-state index in [0.717, 1.165) is 0 Å². The van der Waals surface area contributed by atoms with E-state index >= 15 is 0 Å². The monoisotopic (exact) mass is 163 g/mol. The molecule has 0 N–H and O–H groups in total. The zero-order valence-electron chi connectivity index (χ0n) is 7.13. The summed E-state index contributed by atoms with van der Waals surface area (Å²) in [5.74, 6) is 2.21. The molecule has 0 amide bonds. The van der Waals surface area contributed by atoms with Crippen LogP contribution in [-0.2, 0) is 0 Å². The Morgan fingerprint density at radius 1 is 1.42 bits per heavy atom. The van der Waals surface area contributed by atoms with Gasteiger partial charge in [0.05, 0.1) is 5.69 Å². The standard InChI is InChI=1S/C10H10FN/c1-4-8-5-6-9(11)10(7-8)12(2)3/h1,5-7H,2-3H3. The maximum atomic E-state index is 13.0.